The molecule has 0 heterocycles. The molecule has 0 saturated carbocycles. The summed E-state index contributed by atoms with van der Waals surface area (Å²) < 4.78 is 0. The van der Waals surface area contributed by atoms with Crippen LogP contribution in [0.4, 0.5) is 0 Å². The van der Waals surface area contributed by atoms with Gasteiger partial charge in [0.05, 0.1) is 0 Å². The minimum absolute atomic E-state index is 0.138. The Balaban J connectivity index is 2.14. The van der Waals surface area contributed by atoms with Crippen molar-refractivity contribution in [3.63, 3.8) is 0 Å². The number of carbonyl (C=O) groups excluding carboxylic acids is 1. The van der Waals surface area contributed by atoms with Crippen LogP contribution in [-0.2, 0) is 6.42 Å². The van der Waals surface area contributed by atoms with Crippen molar-refractivity contribution in [3.05, 3.63) is 58.3 Å². The summed E-state index contributed by atoms with van der Waals surface area (Å²) >= 11 is 0. The zero-order valence-corrected chi connectivity index (χ0v) is 8.99. The second-order valence-electron chi connectivity index (χ2n) is 4.40. The van der Waals surface area contributed by atoms with E-state index in [0.717, 1.165) is 41.7 Å². The molecule has 0 aliphatic heterocycles. The van der Waals surface area contributed by atoms with Gasteiger partial charge in [-0.3, -0.25) is 4.79 Å². The molecule has 2 aliphatic carbocycles. The van der Waals surface area contributed by atoms with E-state index in [9.17, 15) is 4.79 Å². The summed E-state index contributed by atoms with van der Waals surface area (Å²) in [6.07, 6.45) is 4.57. The molecule has 80 valence electrons. The Hall–Kier alpha value is -1.83. The van der Waals surface area contributed by atoms with Gasteiger partial charge in [0.25, 0.3) is 0 Å². The molecule has 0 unspecified atom stereocenters. The van der Waals surface area contributed by atoms with Crippen molar-refractivity contribution >= 4 is 5.78 Å². The first kappa shape index (κ1) is 9.40. The van der Waals surface area contributed by atoms with E-state index in [4.69, 9.17) is 5.73 Å². The van der Waals surface area contributed by atoms with Gasteiger partial charge in [-0.2, -0.15) is 0 Å². The lowest BCUT2D eigenvalue weighted by Crippen LogP contribution is -2.19. The molecule has 0 amide bonds. The van der Waals surface area contributed by atoms with E-state index >= 15 is 0 Å². The largest absolute Gasteiger partial charge is 0.402 e. The summed E-state index contributed by atoms with van der Waals surface area (Å²) in [6, 6.07) is 7.85. The number of allylic oxidation sites excluding steroid dienone is 4. The normalized spacial score (nSPS) is 19.0. The molecule has 0 radical (unpaired) electrons. The highest BCUT2D eigenvalue weighted by atomic mass is 16.1. The van der Waals surface area contributed by atoms with Gasteiger partial charge in [-0.25, -0.2) is 0 Å². The smallest absolute Gasteiger partial charge is 0.193 e. The number of Topliss-reactive ketones (excluding diaryl/α,β-unsaturated/α-hetero) is 1. The maximum absolute atomic E-state index is 12.2. The number of carbonyl (C=O) groups is 1. The van der Waals surface area contributed by atoms with Crippen LogP contribution < -0.4 is 5.73 Å². The van der Waals surface area contributed by atoms with Gasteiger partial charge in [0.1, 0.15) is 0 Å². The van der Waals surface area contributed by atoms with E-state index in [0.29, 0.717) is 0 Å². The van der Waals surface area contributed by atoms with Crippen molar-refractivity contribution in [1.29, 1.82) is 0 Å². The standard InChI is InChI=1S/C14H13NO/c15-11-6-5-10-7-9-3-1-2-4-12(9)14(16)13(10)8-11/h1-4,8H,5-7,15H2. The van der Waals surface area contributed by atoms with E-state index in [2.05, 4.69) is 0 Å². The average Bonchev–Trinajstić information content (AvgIpc) is 2.31. The fourth-order valence-corrected chi connectivity index (χ4v) is 2.47. The Labute approximate surface area is 94.5 Å². The van der Waals surface area contributed by atoms with Crippen LogP contribution in [0.5, 0.6) is 0 Å². The predicted octanol–water partition coefficient (Wildman–Crippen LogP) is 2.36. The maximum Gasteiger partial charge on any atom is 0.193 e. The van der Waals surface area contributed by atoms with Crippen LogP contribution >= 0.6 is 0 Å². The molecule has 0 spiro atoms. The molecule has 16 heavy (non-hydrogen) atoms. The third-order valence-corrected chi connectivity index (χ3v) is 3.34. The summed E-state index contributed by atoms with van der Waals surface area (Å²) in [6.45, 7) is 0. The average molecular weight is 211 g/mol. The lowest BCUT2D eigenvalue weighted by molar-refractivity contribution is 0.103. The van der Waals surface area contributed by atoms with Crippen LogP contribution in [0.3, 0.4) is 0 Å². The molecular weight excluding hydrogens is 198 g/mol. The van der Waals surface area contributed by atoms with Gasteiger partial charge in [0.2, 0.25) is 0 Å². The number of nitrogens with two attached hydrogens (primary N) is 1. The summed E-state index contributed by atoms with van der Waals surface area (Å²) in [4.78, 5) is 12.2. The SMILES string of the molecule is NC1=CC2=C(CC1)Cc1ccccc1C2=O. The number of fused-ring (bicyclic) bond motifs is 1. The number of rotatable bonds is 0. The van der Waals surface area contributed by atoms with Gasteiger partial charge in [-0.1, -0.05) is 29.8 Å². The highest BCUT2D eigenvalue weighted by molar-refractivity contribution is 6.13. The molecule has 0 saturated heterocycles. The first-order chi connectivity index (χ1) is 7.75. The fourth-order valence-electron chi connectivity index (χ4n) is 2.47. The van der Waals surface area contributed by atoms with Crippen LogP contribution in [-0.4, -0.2) is 5.78 Å². The Kier molecular flexibility index (Phi) is 1.96. The van der Waals surface area contributed by atoms with E-state index in [-0.39, 0.29) is 5.78 Å². The van der Waals surface area contributed by atoms with Gasteiger partial charge >= 0.3 is 0 Å². The Morgan fingerprint density at radius 2 is 1.94 bits per heavy atom. The Morgan fingerprint density at radius 1 is 1.12 bits per heavy atom. The molecule has 3 rings (SSSR count). The first-order valence-corrected chi connectivity index (χ1v) is 5.56. The lowest BCUT2D eigenvalue weighted by atomic mass is 9.80. The third-order valence-electron chi connectivity index (χ3n) is 3.34. The molecule has 1 aromatic carbocycles. The molecule has 2 nitrogen and oxygen atoms in total. The minimum Gasteiger partial charge on any atom is -0.402 e. The van der Waals surface area contributed by atoms with Gasteiger partial charge in [0, 0.05) is 16.8 Å². The zero-order chi connectivity index (χ0) is 11.1. The van der Waals surface area contributed by atoms with Crippen LogP contribution in [0.1, 0.15) is 28.8 Å². The minimum atomic E-state index is 0.138. The van der Waals surface area contributed by atoms with Crippen LogP contribution in [0.2, 0.25) is 0 Å². The highest BCUT2D eigenvalue weighted by Gasteiger charge is 2.26. The van der Waals surface area contributed by atoms with Crippen LogP contribution in [0.15, 0.2) is 47.2 Å². The first-order valence-electron chi connectivity index (χ1n) is 5.56. The summed E-state index contributed by atoms with van der Waals surface area (Å²) in [5.41, 5.74) is 10.7. The van der Waals surface area contributed by atoms with Crippen molar-refractivity contribution < 1.29 is 4.79 Å². The summed E-state index contributed by atoms with van der Waals surface area (Å²) in [7, 11) is 0. The fraction of sp³-hybridized carbons (Fsp3) is 0.214. The van der Waals surface area contributed by atoms with Crippen molar-refractivity contribution in [2.24, 2.45) is 5.73 Å². The number of ketones is 1. The molecular formula is C14H13NO. The molecule has 0 fully saturated rings. The molecule has 0 atom stereocenters. The monoisotopic (exact) mass is 211 g/mol. The van der Waals surface area contributed by atoms with E-state index in [1.807, 2.05) is 30.3 Å². The van der Waals surface area contributed by atoms with Gasteiger partial charge < -0.3 is 5.73 Å². The quantitative estimate of drug-likeness (QED) is 0.715. The van der Waals surface area contributed by atoms with Crippen molar-refractivity contribution in [2.75, 3.05) is 0 Å². The molecule has 2 aliphatic rings. The second kappa shape index (κ2) is 3.34. The Morgan fingerprint density at radius 3 is 2.81 bits per heavy atom. The topological polar surface area (TPSA) is 43.1 Å². The van der Waals surface area contributed by atoms with Crippen molar-refractivity contribution in [1.82, 2.24) is 0 Å². The number of benzene rings is 1. The molecule has 2 N–H and O–H groups in total. The van der Waals surface area contributed by atoms with Gasteiger partial charge in [-0.05, 0) is 30.9 Å². The third kappa shape index (κ3) is 1.30. The molecule has 0 aromatic heterocycles. The van der Waals surface area contributed by atoms with Crippen LogP contribution in [0, 0.1) is 0 Å². The zero-order valence-electron chi connectivity index (χ0n) is 8.99. The number of hydrogen-bond donors (Lipinski definition) is 1. The van der Waals surface area contributed by atoms with Crippen molar-refractivity contribution in [3.8, 4) is 0 Å². The van der Waals surface area contributed by atoms with Gasteiger partial charge in [-0.15, -0.1) is 0 Å². The highest BCUT2D eigenvalue weighted by Crippen LogP contribution is 2.32. The van der Waals surface area contributed by atoms with Crippen molar-refractivity contribution in [2.45, 2.75) is 19.3 Å². The van der Waals surface area contributed by atoms with E-state index in [1.165, 1.54) is 5.57 Å². The summed E-state index contributed by atoms with van der Waals surface area (Å²) in [5, 5.41) is 0. The molecule has 2 heteroatoms. The van der Waals surface area contributed by atoms with Gasteiger partial charge in [0.15, 0.2) is 5.78 Å². The maximum atomic E-state index is 12.2. The van der Waals surface area contributed by atoms with E-state index < -0.39 is 0 Å². The molecule has 0 bridgehead atoms. The second-order valence-corrected chi connectivity index (χ2v) is 4.40. The van der Waals surface area contributed by atoms with Crippen LogP contribution in [0.25, 0.3) is 0 Å². The Bertz CT molecular complexity index is 537. The summed E-state index contributed by atoms with van der Waals surface area (Å²) in [5.74, 6) is 0.138. The number of hydrogen-bond acceptors (Lipinski definition) is 2. The van der Waals surface area contributed by atoms with E-state index in [1.54, 1.807) is 0 Å². The lowest BCUT2D eigenvalue weighted by Gasteiger charge is -2.23. The molecule has 1 aromatic rings. The predicted molar refractivity (Wildman–Crippen MR) is 63.0 cm³/mol.